The third-order valence-electron chi connectivity index (χ3n) is 2.82. The van der Waals surface area contributed by atoms with Crippen LogP contribution in [0.15, 0.2) is 52.8 Å². The highest BCUT2D eigenvalue weighted by Gasteiger charge is 2.15. The van der Waals surface area contributed by atoms with Gasteiger partial charge in [-0.3, -0.25) is 0 Å². The van der Waals surface area contributed by atoms with Crippen molar-refractivity contribution in [1.29, 1.82) is 0 Å². The second-order valence-electron chi connectivity index (χ2n) is 4.06. The Kier molecular flexibility index (Phi) is 3.09. The lowest BCUT2D eigenvalue weighted by Gasteiger charge is -2.18. The predicted molar refractivity (Wildman–Crippen MR) is 75.6 cm³/mol. The summed E-state index contributed by atoms with van der Waals surface area (Å²) in [6.07, 6.45) is 0. The van der Waals surface area contributed by atoms with Gasteiger partial charge in [-0.15, -0.1) is 0 Å². The molecule has 0 unspecified atom stereocenters. The number of fused-ring (bicyclic) bond motifs is 1. The molecule has 0 aromatic heterocycles. The second-order valence-corrected chi connectivity index (χ2v) is 4.97. The molecule has 1 N–H and O–H groups in total. The van der Waals surface area contributed by atoms with Crippen LogP contribution in [0.5, 0.6) is 17.2 Å². The minimum Gasteiger partial charge on any atom is -0.508 e. The van der Waals surface area contributed by atoms with E-state index in [0.29, 0.717) is 0 Å². The van der Waals surface area contributed by atoms with E-state index in [9.17, 15) is 5.11 Å². The average molecular weight is 272 g/mol. The molecule has 19 heavy (non-hydrogen) atoms. The average Bonchev–Trinajstić information content (AvgIpc) is 2.47. The molecule has 3 rings (SSSR count). The molecule has 1 aliphatic heterocycles. The molecule has 1 heterocycles. The van der Waals surface area contributed by atoms with Gasteiger partial charge in [-0.25, -0.2) is 0 Å². The number of ether oxygens (including phenoxy) is 2. The van der Waals surface area contributed by atoms with E-state index in [2.05, 4.69) is 0 Å². The normalized spacial score (nSPS) is 13.2. The Morgan fingerprint density at radius 3 is 2.63 bits per heavy atom. The number of rotatable bonds is 2. The molecule has 0 spiro atoms. The van der Waals surface area contributed by atoms with Crippen LogP contribution < -0.4 is 9.47 Å². The molecular formula is C15H12O3S. The number of hydrogen-bond acceptors (Lipinski definition) is 4. The second kappa shape index (κ2) is 4.90. The van der Waals surface area contributed by atoms with Crippen molar-refractivity contribution < 1.29 is 14.6 Å². The fourth-order valence-corrected chi connectivity index (χ4v) is 2.63. The van der Waals surface area contributed by atoms with E-state index in [0.717, 1.165) is 27.7 Å². The van der Waals surface area contributed by atoms with E-state index in [1.807, 2.05) is 35.7 Å². The monoisotopic (exact) mass is 272 g/mol. The summed E-state index contributed by atoms with van der Waals surface area (Å²) in [7, 11) is 1.65. The molecule has 0 bridgehead atoms. The van der Waals surface area contributed by atoms with Crippen LogP contribution in [0.1, 0.15) is 5.56 Å². The predicted octanol–water partition coefficient (Wildman–Crippen LogP) is 3.88. The van der Waals surface area contributed by atoms with Crippen molar-refractivity contribution in [2.24, 2.45) is 0 Å². The SMILES string of the molecule is COc1ccc2c(c1)SC=C(c1ccc(O)cc1)O2. The van der Waals surface area contributed by atoms with Crippen LogP contribution in [0.2, 0.25) is 0 Å². The molecule has 96 valence electrons. The number of phenols is 1. The summed E-state index contributed by atoms with van der Waals surface area (Å²) in [5.41, 5.74) is 0.937. The Labute approximate surface area is 115 Å². The van der Waals surface area contributed by atoms with Crippen LogP contribution in [0.25, 0.3) is 5.76 Å². The highest BCUT2D eigenvalue weighted by atomic mass is 32.2. The van der Waals surface area contributed by atoms with Gasteiger partial charge in [-0.05, 0) is 42.5 Å². The van der Waals surface area contributed by atoms with E-state index in [-0.39, 0.29) is 5.75 Å². The van der Waals surface area contributed by atoms with Gasteiger partial charge in [0.15, 0.2) is 0 Å². The Bertz CT molecular complexity index is 632. The number of aromatic hydroxyl groups is 1. The minimum absolute atomic E-state index is 0.248. The van der Waals surface area contributed by atoms with Crippen molar-refractivity contribution >= 4 is 17.5 Å². The first-order valence-electron chi connectivity index (χ1n) is 5.78. The van der Waals surface area contributed by atoms with E-state index in [1.54, 1.807) is 31.0 Å². The Morgan fingerprint density at radius 2 is 1.89 bits per heavy atom. The zero-order valence-electron chi connectivity index (χ0n) is 10.3. The van der Waals surface area contributed by atoms with Crippen LogP contribution in [0, 0.1) is 0 Å². The lowest BCUT2D eigenvalue weighted by molar-refractivity contribution is 0.411. The maximum atomic E-state index is 9.29. The van der Waals surface area contributed by atoms with Crippen LogP contribution in [-0.2, 0) is 0 Å². The molecule has 0 atom stereocenters. The standard InChI is InChI=1S/C15H12O3S/c1-17-12-6-7-13-15(8-12)19-9-14(18-13)10-2-4-11(16)5-3-10/h2-9,16H,1H3. The summed E-state index contributed by atoms with van der Waals surface area (Å²) in [5.74, 6) is 2.66. The summed E-state index contributed by atoms with van der Waals surface area (Å²) in [6, 6.07) is 12.7. The van der Waals surface area contributed by atoms with Gasteiger partial charge >= 0.3 is 0 Å². The molecule has 3 nitrogen and oxygen atoms in total. The smallest absolute Gasteiger partial charge is 0.141 e. The zero-order valence-corrected chi connectivity index (χ0v) is 11.1. The summed E-state index contributed by atoms with van der Waals surface area (Å²) in [4.78, 5) is 1.03. The molecule has 0 fully saturated rings. The van der Waals surface area contributed by atoms with Gasteiger partial charge < -0.3 is 14.6 Å². The number of hydrogen-bond donors (Lipinski definition) is 1. The lowest BCUT2D eigenvalue weighted by atomic mass is 10.2. The maximum Gasteiger partial charge on any atom is 0.141 e. The number of thioether (sulfide) groups is 1. The quantitative estimate of drug-likeness (QED) is 0.900. The molecule has 0 amide bonds. The van der Waals surface area contributed by atoms with Crippen LogP contribution in [0.4, 0.5) is 0 Å². The van der Waals surface area contributed by atoms with Crippen molar-refractivity contribution in [3.63, 3.8) is 0 Å². The van der Waals surface area contributed by atoms with E-state index < -0.39 is 0 Å². The highest BCUT2D eigenvalue weighted by molar-refractivity contribution is 8.02. The number of phenolic OH excluding ortho intramolecular Hbond substituents is 1. The fourth-order valence-electron chi connectivity index (χ4n) is 1.80. The van der Waals surface area contributed by atoms with Crippen LogP contribution in [-0.4, -0.2) is 12.2 Å². The summed E-state index contributed by atoms with van der Waals surface area (Å²) < 4.78 is 11.0. The van der Waals surface area contributed by atoms with Gasteiger partial charge in [0.1, 0.15) is 23.0 Å². The maximum absolute atomic E-state index is 9.29. The van der Waals surface area contributed by atoms with Crippen molar-refractivity contribution in [3.8, 4) is 17.2 Å². The Morgan fingerprint density at radius 1 is 1.11 bits per heavy atom. The van der Waals surface area contributed by atoms with Gasteiger partial charge in [-0.1, -0.05) is 11.8 Å². The molecule has 0 aliphatic carbocycles. The van der Waals surface area contributed by atoms with E-state index in [4.69, 9.17) is 9.47 Å². The van der Waals surface area contributed by atoms with Crippen molar-refractivity contribution in [2.75, 3.05) is 7.11 Å². The molecule has 0 radical (unpaired) electrons. The number of benzene rings is 2. The summed E-state index contributed by atoms with van der Waals surface area (Å²) in [6.45, 7) is 0. The minimum atomic E-state index is 0.248. The van der Waals surface area contributed by atoms with Crippen LogP contribution in [0.3, 0.4) is 0 Å². The Hall–Kier alpha value is -2.07. The van der Waals surface area contributed by atoms with Gasteiger partial charge in [-0.2, -0.15) is 0 Å². The van der Waals surface area contributed by atoms with Gasteiger partial charge in [0.25, 0.3) is 0 Å². The van der Waals surface area contributed by atoms with Gasteiger partial charge in [0, 0.05) is 11.0 Å². The summed E-state index contributed by atoms with van der Waals surface area (Å²) >= 11 is 1.60. The van der Waals surface area contributed by atoms with E-state index in [1.165, 1.54) is 0 Å². The third-order valence-corrected chi connectivity index (χ3v) is 3.72. The van der Waals surface area contributed by atoms with Crippen LogP contribution >= 0.6 is 11.8 Å². The van der Waals surface area contributed by atoms with Crippen molar-refractivity contribution in [1.82, 2.24) is 0 Å². The Balaban J connectivity index is 1.89. The highest BCUT2D eigenvalue weighted by Crippen LogP contribution is 2.41. The first-order valence-corrected chi connectivity index (χ1v) is 6.66. The third kappa shape index (κ3) is 2.39. The van der Waals surface area contributed by atoms with Gasteiger partial charge in [0.2, 0.25) is 0 Å². The largest absolute Gasteiger partial charge is 0.508 e. The topological polar surface area (TPSA) is 38.7 Å². The first kappa shape index (κ1) is 12.0. The molecule has 2 aromatic rings. The van der Waals surface area contributed by atoms with E-state index >= 15 is 0 Å². The molecule has 0 saturated carbocycles. The fraction of sp³-hybridized carbons (Fsp3) is 0.0667. The molecule has 2 aromatic carbocycles. The molecular weight excluding hydrogens is 260 g/mol. The van der Waals surface area contributed by atoms with Crippen molar-refractivity contribution in [2.45, 2.75) is 4.90 Å². The lowest BCUT2D eigenvalue weighted by Crippen LogP contribution is -1.99. The summed E-state index contributed by atoms with van der Waals surface area (Å²) in [5, 5.41) is 11.2. The van der Waals surface area contributed by atoms with Crippen molar-refractivity contribution in [3.05, 3.63) is 53.4 Å². The first-order chi connectivity index (χ1) is 9.26. The zero-order chi connectivity index (χ0) is 13.2. The molecule has 0 saturated heterocycles. The van der Waals surface area contributed by atoms with Gasteiger partial charge in [0.05, 0.1) is 12.0 Å². The molecule has 4 heteroatoms. The number of methoxy groups -OCH3 is 1. The molecule has 1 aliphatic rings.